The summed E-state index contributed by atoms with van der Waals surface area (Å²) >= 11 is 0.957. The summed E-state index contributed by atoms with van der Waals surface area (Å²) in [7, 11) is 0. The molecule has 0 bridgehead atoms. The Kier molecular flexibility index (Phi) is 8.84. The number of benzene rings is 2. The van der Waals surface area contributed by atoms with E-state index in [4.69, 9.17) is 9.47 Å². The number of esters is 1. The lowest BCUT2D eigenvalue weighted by Gasteiger charge is -2.23. The molecule has 4 rings (SSSR count). The number of ketones is 1. The summed E-state index contributed by atoms with van der Waals surface area (Å²) in [4.78, 5) is 45.6. The summed E-state index contributed by atoms with van der Waals surface area (Å²) in [5, 5.41) is 11.6. The van der Waals surface area contributed by atoms with Crippen LogP contribution in [0.3, 0.4) is 0 Å². The zero-order chi connectivity index (χ0) is 29.0. The highest BCUT2D eigenvalue weighted by Gasteiger charge is 2.48. The van der Waals surface area contributed by atoms with Crippen molar-refractivity contribution < 1.29 is 29.0 Å². The van der Waals surface area contributed by atoms with Gasteiger partial charge in [-0.05, 0) is 42.5 Å². The minimum absolute atomic E-state index is 0.0270. The maximum absolute atomic E-state index is 13.5. The average molecular weight is 561 g/mol. The van der Waals surface area contributed by atoms with Crippen LogP contribution in [-0.2, 0) is 14.3 Å². The van der Waals surface area contributed by atoms with Gasteiger partial charge in [0.15, 0.2) is 5.13 Å². The zero-order valence-electron chi connectivity index (χ0n) is 23.0. The molecule has 3 aromatic rings. The molecule has 208 valence electrons. The van der Waals surface area contributed by atoms with Crippen LogP contribution < -0.4 is 9.64 Å². The zero-order valence-corrected chi connectivity index (χ0v) is 23.8. The lowest BCUT2D eigenvalue weighted by Crippen LogP contribution is -2.29. The molecule has 0 saturated carbocycles. The highest BCUT2D eigenvalue weighted by Crippen LogP contribution is 2.44. The fourth-order valence-corrected chi connectivity index (χ4v) is 5.38. The van der Waals surface area contributed by atoms with E-state index in [0.717, 1.165) is 23.3 Å². The van der Waals surface area contributed by atoms with Gasteiger partial charge in [-0.15, -0.1) is 0 Å². The number of aromatic nitrogens is 1. The van der Waals surface area contributed by atoms with Crippen molar-refractivity contribution in [3.8, 4) is 5.75 Å². The Morgan fingerprint density at radius 1 is 1.20 bits per heavy atom. The molecule has 1 N–H and O–H groups in total. The summed E-state index contributed by atoms with van der Waals surface area (Å²) in [6, 6.07) is 13.4. The fraction of sp³-hybridized carbons (Fsp3) is 0.290. The Bertz CT molecular complexity index is 1470. The molecule has 0 radical (unpaired) electrons. The van der Waals surface area contributed by atoms with E-state index in [0.29, 0.717) is 29.2 Å². The van der Waals surface area contributed by atoms with Gasteiger partial charge < -0.3 is 14.6 Å². The number of rotatable bonds is 10. The van der Waals surface area contributed by atoms with Crippen molar-refractivity contribution in [3.63, 3.8) is 0 Å². The number of aliphatic hydroxyl groups is 1. The molecule has 1 atom stereocenters. The number of hydrogen-bond acceptors (Lipinski definition) is 8. The van der Waals surface area contributed by atoms with Gasteiger partial charge in [-0.2, -0.15) is 0 Å². The third-order valence-electron chi connectivity index (χ3n) is 6.45. The molecule has 1 fully saturated rings. The molecule has 1 aliphatic heterocycles. The number of carbonyl (C=O) groups is 3. The van der Waals surface area contributed by atoms with E-state index in [2.05, 4.69) is 25.4 Å². The van der Waals surface area contributed by atoms with Gasteiger partial charge in [0.25, 0.3) is 5.78 Å². The van der Waals surface area contributed by atoms with Crippen molar-refractivity contribution in [2.75, 3.05) is 18.1 Å². The summed E-state index contributed by atoms with van der Waals surface area (Å²) in [6.45, 7) is 11.8. The van der Waals surface area contributed by atoms with Crippen molar-refractivity contribution in [1.29, 1.82) is 0 Å². The van der Waals surface area contributed by atoms with Crippen molar-refractivity contribution in [2.24, 2.45) is 0 Å². The van der Waals surface area contributed by atoms with Gasteiger partial charge in [0.2, 0.25) is 0 Å². The molecule has 1 amide bonds. The molecule has 40 heavy (non-hydrogen) atoms. The highest BCUT2D eigenvalue weighted by atomic mass is 32.1. The number of aliphatic hydroxyl groups excluding tert-OH is 1. The Hall–Kier alpha value is -4.24. The first-order valence-corrected chi connectivity index (χ1v) is 13.9. The van der Waals surface area contributed by atoms with E-state index in [1.165, 1.54) is 11.0 Å². The van der Waals surface area contributed by atoms with E-state index in [-0.39, 0.29) is 33.9 Å². The van der Waals surface area contributed by atoms with Gasteiger partial charge in [-0.1, -0.05) is 81.2 Å². The van der Waals surface area contributed by atoms with Crippen LogP contribution in [0.2, 0.25) is 0 Å². The fourth-order valence-electron chi connectivity index (χ4n) is 4.39. The predicted octanol–water partition coefficient (Wildman–Crippen LogP) is 6.33. The molecule has 1 unspecified atom stereocenters. The first-order chi connectivity index (χ1) is 19.2. The van der Waals surface area contributed by atoms with Crippen molar-refractivity contribution in [3.05, 3.63) is 94.0 Å². The first-order valence-electron chi connectivity index (χ1n) is 13.1. The molecular formula is C31H32N2O6S. The normalized spacial score (nSPS) is 16.4. The monoisotopic (exact) mass is 560 g/mol. The second-order valence-corrected chi connectivity index (χ2v) is 10.6. The molecule has 1 aromatic heterocycles. The Labute approximate surface area is 237 Å². The quantitative estimate of drug-likeness (QED) is 0.101. The smallest absolute Gasteiger partial charge is 0.350 e. The van der Waals surface area contributed by atoms with Crippen LogP contribution in [0.5, 0.6) is 5.75 Å². The van der Waals surface area contributed by atoms with Gasteiger partial charge in [-0.25, -0.2) is 9.78 Å². The molecule has 0 spiro atoms. The Morgan fingerprint density at radius 3 is 2.58 bits per heavy atom. The number of amides is 1. The number of aryl methyl sites for hydroxylation is 1. The Balaban J connectivity index is 1.86. The third kappa shape index (κ3) is 5.70. The number of carbonyl (C=O) groups excluding carboxylic acids is 3. The topological polar surface area (TPSA) is 106 Å². The predicted molar refractivity (Wildman–Crippen MR) is 155 cm³/mol. The second kappa shape index (κ2) is 12.3. The highest BCUT2D eigenvalue weighted by molar-refractivity contribution is 7.17. The standard InChI is InChI=1S/C31H32N2O6S/c1-6-15-38-23-10-8-9-22(17-23)26(34)24-25(21-13-11-20(12-14-21)18(3)4)33(29(36)27(24)35)31-32-19(5)28(40-31)30(37)39-16-7-2/h7-14,17-18,25,34H,2,6,15-16H2,1,3-5H3. The van der Waals surface area contributed by atoms with Gasteiger partial charge in [0.05, 0.1) is 23.9 Å². The van der Waals surface area contributed by atoms with E-state index in [1.54, 1.807) is 31.2 Å². The lowest BCUT2D eigenvalue weighted by atomic mass is 9.93. The van der Waals surface area contributed by atoms with E-state index in [9.17, 15) is 19.5 Å². The molecule has 8 nitrogen and oxygen atoms in total. The Morgan fingerprint density at radius 2 is 1.93 bits per heavy atom. The van der Waals surface area contributed by atoms with Gasteiger partial charge in [-0.3, -0.25) is 14.5 Å². The first kappa shape index (κ1) is 28.8. The summed E-state index contributed by atoms with van der Waals surface area (Å²) in [5.41, 5.74) is 2.34. The largest absolute Gasteiger partial charge is 0.507 e. The minimum Gasteiger partial charge on any atom is -0.507 e. The number of ether oxygens (including phenoxy) is 2. The summed E-state index contributed by atoms with van der Waals surface area (Å²) < 4.78 is 10.9. The maximum atomic E-state index is 13.5. The van der Waals surface area contributed by atoms with E-state index < -0.39 is 23.7 Å². The molecule has 1 saturated heterocycles. The maximum Gasteiger partial charge on any atom is 0.350 e. The van der Waals surface area contributed by atoms with Crippen molar-refractivity contribution >= 4 is 39.9 Å². The second-order valence-electron chi connectivity index (χ2n) is 9.66. The number of Topliss-reactive ketones (excluding diaryl/α,β-unsaturated/α-hetero) is 1. The van der Waals surface area contributed by atoms with Crippen LogP contribution >= 0.6 is 11.3 Å². The van der Waals surface area contributed by atoms with E-state index in [1.807, 2.05) is 31.2 Å². The molecule has 2 aromatic carbocycles. The molecule has 9 heteroatoms. The molecule has 2 heterocycles. The minimum atomic E-state index is -0.968. The number of nitrogens with zero attached hydrogens (tertiary/aromatic N) is 2. The van der Waals surface area contributed by atoms with Gasteiger partial charge >= 0.3 is 11.9 Å². The number of thiazole rings is 1. The van der Waals surface area contributed by atoms with Crippen LogP contribution in [0, 0.1) is 6.92 Å². The van der Waals surface area contributed by atoms with Gasteiger partial charge in [0, 0.05) is 5.56 Å². The SMILES string of the molecule is C=CCOC(=O)c1sc(N2C(=O)C(=O)C(=C(O)c3cccc(OCCC)c3)C2c2ccc(C(C)C)cc2)nc1C. The third-order valence-corrected chi connectivity index (χ3v) is 7.59. The van der Waals surface area contributed by atoms with Crippen LogP contribution in [0.1, 0.15) is 71.2 Å². The molecule has 0 aliphatic carbocycles. The summed E-state index contributed by atoms with van der Waals surface area (Å²) in [5.74, 6) is -1.80. The summed E-state index contributed by atoms with van der Waals surface area (Å²) in [6.07, 6.45) is 2.26. The van der Waals surface area contributed by atoms with Crippen LogP contribution in [-0.4, -0.2) is 41.0 Å². The molecular weight excluding hydrogens is 528 g/mol. The van der Waals surface area contributed by atoms with Crippen molar-refractivity contribution in [2.45, 2.75) is 46.1 Å². The van der Waals surface area contributed by atoms with Crippen LogP contribution in [0.4, 0.5) is 5.13 Å². The van der Waals surface area contributed by atoms with Crippen LogP contribution in [0.25, 0.3) is 5.76 Å². The number of hydrogen-bond donors (Lipinski definition) is 1. The average Bonchev–Trinajstić information content (AvgIpc) is 3.46. The van der Waals surface area contributed by atoms with Crippen LogP contribution in [0.15, 0.2) is 66.8 Å². The van der Waals surface area contributed by atoms with E-state index >= 15 is 0 Å². The van der Waals surface area contributed by atoms with Crippen molar-refractivity contribution in [1.82, 2.24) is 4.98 Å². The molecule has 1 aliphatic rings. The van der Waals surface area contributed by atoms with Gasteiger partial charge in [0.1, 0.15) is 23.0 Å². The number of anilines is 1. The lowest BCUT2D eigenvalue weighted by molar-refractivity contribution is -0.132.